The lowest BCUT2D eigenvalue weighted by atomic mass is 9.97. The van der Waals surface area contributed by atoms with Crippen LogP contribution in [0.2, 0.25) is 5.02 Å². The molecule has 104 valence electrons. The second kappa shape index (κ2) is 5.29. The molecule has 2 aromatic carbocycles. The molecule has 0 bridgehead atoms. The van der Waals surface area contributed by atoms with Gasteiger partial charge in [0.15, 0.2) is 5.78 Å². The Morgan fingerprint density at radius 1 is 1.10 bits per heavy atom. The molecular weight excluding hydrogens is 289 g/mol. The zero-order valence-corrected chi connectivity index (χ0v) is 11.2. The molecule has 0 fully saturated rings. The number of Topliss-reactive ketones (excluding diaryl/α,β-unsaturated/α-hetero) is 1. The van der Waals surface area contributed by atoms with E-state index in [1.54, 1.807) is 0 Å². The molecule has 0 N–H and O–H groups in total. The Morgan fingerprint density at radius 3 is 2.35 bits per heavy atom. The summed E-state index contributed by atoms with van der Waals surface area (Å²) < 4.78 is 38.9. The maximum atomic E-state index is 13.0. The summed E-state index contributed by atoms with van der Waals surface area (Å²) in [6, 6.07) is 9.52. The van der Waals surface area contributed by atoms with E-state index in [0.29, 0.717) is 5.56 Å². The van der Waals surface area contributed by atoms with Crippen LogP contribution in [0.25, 0.3) is 11.1 Å². The fourth-order valence-electron chi connectivity index (χ4n) is 1.94. The van der Waals surface area contributed by atoms with Crippen molar-refractivity contribution in [3.05, 3.63) is 58.6 Å². The Bertz CT molecular complexity index is 662. The summed E-state index contributed by atoms with van der Waals surface area (Å²) in [7, 11) is 0. The first-order chi connectivity index (χ1) is 9.30. The normalized spacial score (nSPS) is 11.4. The summed E-state index contributed by atoms with van der Waals surface area (Å²) in [4.78, 5) is 11.4. The molecule has 0 aliphatic carbocycles. The standard InChI is InChI=1S/C15H10ClF3O/c1-9(20)12-8-10(6-7-14(12)16)11-4-2-3-5-13(11)15(17,18)19/h2-8H,1H3. The van der Waals surface area contributed by atoms with Gasteiger partial charge in [-0.2, -0.15) is 13.2 Å². The van der Waals surface area contributed by atoms with Crippen molar-refractivity contribution in [2.45, 2.75) is 13.1 Å². The van der Waals surface area contributed by atoms with E-state index in [-0.39, 0.29) is 21.9 Å². The monoisotopic (exact) mass is 298 g/mol. The number of hydrogen-bond donors (Lipinski definition) is 0. The second-order valence-corrected chi connectivity index (χ2v) is 4.70. The Morgan fingerprint density at radius 2 is 1.75 bits per heavy atom. The Labute approximate surface area is 119 Å². The van der Waals surface area contributed by atoms with E-state index in [9.17, 15) is 18.0 Å². The van der Waals surface area contributed by atoms with Crippen molar-refractivity contribution < 1.29 is 18.0 Å². The van der Waals surface area contributed by atoms with Gasteiger partial charge in [-0.15, -0.1) is 0 Å². The average molecular weight is 299 g/mol. The molecule has 0 unspecified atom stereocenters. The number of carbonyl (C=O) groups excluding carboxylic acids is 1. The van der Waals surface area contributed by atoms with E-state index in [2.05, 4.69) is 0 Å². The van der Waals surface area contributed by atoms with Gasteiger partial charge in [-0.1, -0.05) is 35.9 Å². The molecule has 1 nitrogen and oxygen atoms in total. The van der Waals surface area contributed by atoms with Gasteiger partial charge >= 0.3 is 6.18 Å². The van der Waals surface area contributed by atoms with Gasteiger partial charge in [-0.05, 0) is 36.2 Å². The first-order valence-corrected chi connectivity index (χ1v) is 6.15. The van der Waals surface area contributed by atoms with E-state index in [1.807, 2.05) is 0 Å². The number of rotatable bonds is 2. The highest BCUT2D eigenvalue weighted by molar-refractivity contribution is 6.34. The van der Waals surface area contributed by atoms with E-state index in [0.717, 1.165) is 6.07 Å². The predicted molar refractivity (Wildman–Crippen MR) is 71.9 cm³/mol. The lowest BCUT2D eigenvalue weighted by molar-refractivity contribution is -0.137. The van der Waals surface area contributed by atoms with Crippen LogP contribution in [0.3, 0.4) is 0 Å². The summed E-state index contributed by atoms with van der Waals surface area (Å²) in [6.45, 7) is 1.32. The quantitative estimate of drug-likeness (QED) is 0.694. The van der Waals surface area contributed by atoms with Crippen LogP contribution in [0.4, 0.5) is 13.2 Å². The van der Waals surface area contributed by atoms with Crippen molar-refractivity contribution in [3.8, 4) is 11.1 Å². The molecule has 0 saturated carbocycles. The van der Waals surface area contributed by atoms with E-state index in [4.69, 9.17) is 11.6 Å². The van der Waals surface area contributed by atoms with E-state index < -0.39 is 11.7 Å². The third kappa shape index (κ3) is 2.85. The van der Waals surface area contributed by atoms with Crippen LogP contribution < -0.4 is 0 Å². The van der Waals surface area contributed by atoms with Crippen LogP contribution in [-0.2, 0) is 6.18 Å². The lowest BCUT2D eigenvalue weighted by Crippen LogP contribution is -2.07. The second-order valence-electron chi connectivity index (χ2n) is 4.29. The minimum Gasteiger partial charge on any atom is -0.294 e. The van der Waals surface area contributed by atoms with Gasteiger partial charge in [0.25, 0.3) is 0 Å². The van der Waals surface area contributed by atoms with Crippen LogP contribution in [0.15, 0.2) is 42.5 Å². The zero-order chi connectivity index (χ0) is 14.9. The van der Waals surface area contributed by atoms with Crippen molar-refractivity contribution >= 4 is 17.4 Å². The highest BCUT2D eigenvalue weighted by Crippen LogP contribution is 2.37. The molecule has 0 heterocycles. The number of hydrogen-bond acceptors (Lipinski definition) is 1. The van der Waals surface area contributed by atoms with Crippen molar-refractivity contribution in [2.75, 3.05) is 0 Å². The number of benzene rings is 2. The Kier molecular flexibility index (Phi) is 3.86. The number of ketones is 1. The predicted octanol–water partition coefficient (Wildman–Crippen LogP) is 5.23. The van der Waals surface area contributed by atoms with Gasteiger partial charge in [-0.25, -0.2) is 0 Å². The zero-order valence-electron chi connectivity index (χ0n) is 10.5. The summed E-state index contributed by atoms with van der Waals surface area (Å²) >= 11 is 5.87. The third-order valence-electron chi connectivity index (χ3n) is 2.89. The topological polar surface area (TPSA) is 17.1 Å². The minimum atomic E-state index is -4.45. The van der Waals surface area contributed by atoms with Crippen molar-refractivity contribution in [3.63, 3.8) is 0 Å². The summed E-state index contributed by atoms with van der Waals surface area (Å²) in [5.41, 5.74) is -0.190. The molecule has 0 atom stereocenters. The molecule has 0 aliphatic heterocycles. The van der Waals surface area contributed by atoms with Crippen LogP contribution in [0.5, 0.6) is 0 Å². The maximum absolute atomic E-state index is 13.0. The smallest absolute Gasteiger partial charge is 0.294 e. The Hall–Kier alpha value is -1.81. The maximum Gasteiger partial charge on any atom is 0.417 e. The minimum absolute atomic E-state index is 0.0270. The summed E-state index contributed by atoms with van der Waals surface area (Å²) in [6.07, 6.45) is -4.45. The molecular formula is C15H10ClF3O. The fraction of sp³-hybridized carbons (Fsp3) is 0.133. The van der Waals surface area contributed by atoms with Crippen molar-refractivity contribution in [2.24, 2.45) is 0 Å². The molecule has 0 aliphatic rings. The van der Waals surface area contributed by atoms with Gasteiger partial charge in [-0.3, -0.25) is 4.79 Å². The highest BCUT2D eigenvalue weighted by Gasteiger charge is 2.33. The van der Waals surface area contributed by atoms with Crippen LogP contribution >= 0.6 is 11.6 Å². The van der Waals surface area contributed by atoms with Crippen LogP contribution in [0.1, 0.15) is 22.8 Å². The number of carbonyl (C=O) groups is 1. The van der Waals surface area contributed by atoms with Crippen molar-refractivity contribution in [1.29, 1.82) is 0 Å². The van der Waals surface area contributed by atoms with Crippen LogP contribution in [0, 0.1) is 0 Å². The molecule has 0 radical (unpaired) electrons. The van der Waals surface area contributed by atoms with Crippen LogP contribution in [-0.4, -0.2) is 5.78 Å². The molecule has 0 spiro atoms. The Balaban J connectivity index is 2.64. The van der Waals surface area contributed by atoms with Gasteiger partial charge in [0.2, 0.25) is 0 Å². The fourth-order valence-corrected chi connectivity index (χ4v) is 2.20. The molecule has 0 aromatic heterocycles. The largest absolute Gasteiger partial charge is 0.417 e. The van der Waals surface area contributed by atoms with Crippen molar-refractivity contribution in [1.82, 2.24) is 0 Å². The molecule has 20 heavy (non-hydrogen) atoms. The van der Waals surface area contributed by atoms with E-state index >= 15 is 0 Å². The molecule has 2 rings (SSSR count). The lowest BCUT2D eigenvalue weighted by Gasteiger charge is -2.13. The van der Waals surface area contributed by atoms with Gasteiger partial charge in [0, 0.05) is 5.56 Å². The number of alkyl halides is 3. The average Bonchev–Trinajstić information content (AvgIpc) is 2.38. The third-order valence-corrected chi connectivity index (χ3v) is 3.22. The molecule has 0 amide bonds. The first-order valence-electron chi connectivity index (χ1n) is 5.78. The summed E-state index contributed by atoms with van der Waals surface area (Å²) in [5, 5.41) is 0.228. The summed E-state index contributed by atoms with van der Waals surface area (Å²) in [5.74, 6) is -0.290. The molecule has 0 saturated heterocycles. The SMILES string of the molecule is CC(=O)c1cc(-c2ccccc2C(F)(F)F)ccc1Cl. The van der Waals surface area contributed by atoms with Gasteiger partial charge in [0.1, 0.15) is 0 Å². The molecule has 5 heteroatoms. The number of halogens is 4. The molecule has 2 aromatic rings. The van der Waals surface area contributed by atoms with Gasteiger partial charge < -0.3 is 0 Å². The van der Waals surface area contributed by atoms with E-state index in [1.165, 1.54) is 43.3 Å². The van der Waals surface area contributed by atoms with Gasteiger partial charge in [0.05, 0.1) is 10.6 Å². The highest BCUT2D eigenvalue weighted by atomic mass is 35.5. The first kappa shape index (κ1) is 14.6.